The lowest BCUT2D eigenvalue weighted by molar-refractivity contribution is 0.145. The van der Waals surface area contributed by atoms with Gasteiger partial charge in [-0.15, -0.1) is 0 Å². The van der Waals surface area contributed by atoms with Crippen LogP contribution in [0.15, 0.2) is 29.3 Å². The largest absolute Gasteiger partial charge is 0.497 e. The predicted molar refractivity (Wildman–Crippen MR) is 75.0 cm³/mol. The van der Waals surface area contributed by atoms with Crippen molar-refractivity contribution in [2.75, 3.05) is 12.4 Å². The Morgan fingerprint density at radius 1 is 1.50 bits per heavy atom. The van der Waals surface area contributed by atoms with Gasteiger partial charge in [-0.3, -0.25) is 0 Å². The Hall–Kier alpha value is -1.71. The lowest BCUT2D eigenvalue weighted by atomic mass is 9.68. The lowest BCUT2D eigenvalue weighted by Crippen LogP contribution is -2.40. The Bertz CT molecular complexity index is 454. The summed E-state index contributed by atoms with van der Waals surface area (Å²) in [5.41, 5.74) is 7.10. The molecule has 98 valence electrons. The average Bonchev–Trinajstić information content (AvgIpc) is 2.35. The Labute approximate surface area is 108 Å². The normalized spacial score (nSPS) is 22.2. The van der Waals surface area contributed by atoms with Crippen LogP contribution < -0.4 is 15.8 Å². The van der Waals surface area contributed by atoms with Crippen LogP contribution in [0.3, 0.4) is 0 Å². The van der Waals surface area contributed by atoms with Crippen molar-refractivity contribution in [1.82, 2.24) is 0 Å². The molecule has 4 heteroatoms. The minimum atomic E-state index is 0.278. The zero-order valence-electron chi connectivity index (χ0n) is 11.2. The predicted octanol–water partition coefficient (Wildman–Crippen LogP) is 2.61. The maximum Gasteiger partial charge on any atom is 0.193 e. The standard InChI is InChI=1S/C14H21N3O/c1-14(2)8-7-12(14)17-13(15)16-10-5-4-6-11(9-10)18-3/h4-6,9,12H,7-8H2,1-3H3,(H3,15,16,17). The Morgan fingerprint density at radius 2 is 2.28 bits per heavy atom. The van der Waals surface area contributed by atoms with Gasteiger partial charge in [0.2, 0.25) is 0 Å². The summed E-state index contributed by atoms with van der Waals surface area (Å²) in [5, 5.41) is 3.10. The molecule has 0 aliphatic heterocycles. The molecule has 1 fully saturated rings. The molecule has 0 amide bonds. The maximum atomic E-state index is 5.93. The van der Waals surface area contributed by atoms with Crippen LogP contribution in [0.25, 0.3) is 0 Å². The van der Waals surface area contributed by atoms with Crippen LogP contribution in [0.2, 0.25) is 0 Å². The number of hydrogen-bond acceptors (Lipinski definition) is 2. The van der Waals surface area contributed by atoms with Gasteiger partial charge in [0, 0.05) is 11.8 Å². The zero-order chi connectivity index (χ0) is 13.2. The Kier molecular flexibility index (Phi) is 3.45. The summed E-state index contributed by atoms with van der Waals surface area (Å²) in [5.74, 6) is 1.28. The van der Waals surface area contributed by atoms with E-state index < -0.39 is 0 Å². The third kappa shape index (κ3) is 2.75. The van der Waals surface area contributed by atoms with Gasteiger partial charge < -0.3 is 15.8 Å². The summed E-state index contributed by atoms with van der Waals surface area (Å²) in [6.45, 7) is 4.45. The summed E-state index contributed by atoms with van der Waals surface area (Å²) < 4.78 is 5.16. The van der Waals surface area contributed by atoms with E-state index in [-0.39, 0.29) is 5.41 Å². The molecule has 0 spiro atoms. The maximum absolute atomic E-state index is 5.93. The number of nitrogens with two attached hydrogens (primary N) is 1. The van der Waals surface area contributed by atoms with Crippen LogP contribution in [0.5, 0.6) is 5.75 Å². The molecule has 2 rings (SSSR count). The number of rotatable bonds is 3. The molecule has 1 aromatic rings. The monoisotopic (exact) mass is 247 g/mol. The van der Waals surface area contributed by atoms with Crippen LogP contribution in [0.1, 0.15) is 26.7 Å². The first-order chi connectivity index (χ1) is 8.51. The molecule has 4 nitrogen and oxygen atoms in total. The molecule has 1 aliphatic rings. The zero-order valence-corrected chi connectivity index (χ0v) is 11.2. The molecule has 0 saturated heterocycles. The Morgan fingerprint density at radius 3 is 2.83 bits per heavy atom. The van der Waals surface area contributed by atoms with Gasteiger partial charge in [-0.25, -0.2) is 4.99 Å². The number of aliphatic imine (C=N–C) groups is 1. The SMILES string of the molecule is COc1cccc(NC(N)=NC2CCC2(C)C)c1. The van der Waals surface area contributed by atoms with E-state index in [1.165, 1.54) is 6.42 Å². The van der Waals surface area contributed by atoms with Crippen molar-refractivity contribution in [1.29, 1.82) is 0 Å². The minimum absolute atomic E-state index is 0.278. The van der Waals surface area contributed by atoms with Gasteiger partial charge in [0.1, 0.15) is 5.75 Å². The van der Waals surface area contributed by atoms with Crippen LogP contribution >= 0.6 is 0 Å². The van der Waals surface area contributed by atoms with Crippen molar-refractivity contribution in [2.45, 2.75) is 32.7 Å². The molecule has 0 aromatic heterocycles. The van der Waals surface area contributed by atoms with Crippen LogP contribution in [-0.4, -0.2) is 19.1 Å². The molecular formula is C14H21N3O. The summed E-state index contributed by atoms with van der Waals surface area (Å²) >= 11 is 0. The van der Waals surface area contributed by atoms with Gasteiger partial charge in [0.05, 0.1) is 13.2 Å². The van der Waals surface area contributed by atoms with Gasteiger partial charge in [0.15, 0.2) is 5.96 Å². The molecule has 1 unspecified atom stereocenters. The molecule has 1 aromatic carbocycles. The molecule has 1 atom stereocenters. The fourth-order valence-electron chi connectivity index (χ4n) is 2.14. The summed E-state index contributed by atoms with van der Waals surface area (Å²) in [7, 11) is 1.65. The highest BCUT2D eigenvalue weighted by atomic mass is 16.5. The highest BCUT2D eigenvalue weighted by Crippen LogP contribution is 2.42. The van der Waals surface area contributed by atoms with E-state index >= 15 is 0 Å². The number of methoxy groups -OCH3 is 1. The van der Waals surface area contributed by atoms with E-state index in [4.69, 9.17) is 10.5 Å². The molecule has 1 aliphatic carbocycles. The number of guanidine groups is 1. The fourth-order valence-corrected chi connectivity index (χ4v) is 2.14. The van der Waals surface area contributed by atoms with Crippen molar-refractivity contribution in [3.05, 3.63) is 24.3 Å². The lowest BCUT2D eigenvalue weighted by Gasteiger charge is -2.41. The van der Waals surface area contributed by atoms with Crippen molar-refractivity contribution in [2.24, 2.45) is 16.1 Å². The number of anilines is 1. The first-order valence-electron chi connectivity index (χ1n) is 6.25. The van der Waals surface area contributed by atoms with Gasteiger partial charge in [-0.1, -0.05) is 19.9 Å². The molecule has 3 N–H and O–H groups in total. The number of nitrogens with zero attached hydrogens (tertiary/aromatic N) is 1. The van der Waals surface area contributed by atoms with E-state index in [9.17, 15) is 0 Å². The van der Waals surface area contributed by atoms with Crippen molar-refractivity contribution >= 4 is 11.6 Å². The van der Waals surface area contributed by atoms with E-state index in [0.29, 0.717) is 12.0 Å². The first-order valence-corrected chi connectivity index (χ1v) is 6.25. The van der Waals surface area contributed by atoms with E-state index in [1.54, 1.807) is 7.11 Å². The first kappa shape index (κ1) is 12.7. The molecular weight excluding hydrogens is 226 g/mol. The second kappa shape index (κ2) is 4.88. The summed E-state index contributed by atoms with van der Waals surface area (Å²) in [6.07, 6.45) is 2.33. The quantitative estimate of drug-likeness (QED) is 0.637. The second-order valence-corrected chi connectivity index (χ2v) is 5.41. The van der Waals surface area contributed by atoms with E-state index in [2.05, 4.69) is 24.2 Å². The molecule has 0 heterocycles. The van der Waals surface area contributed by atoms with Gasteiger partial charge in [0.25, 0.3) is 0 Å². The van der Waals surface area contributed by atoms with Gasteiger partial charge in [-0.2, -0.15) is 0 Å². The number of nitrogens with one attached hydrogen (secondary N) is 1. The van der Waals surface area contributed by atoms with Crippen LogP contribution in [-0.2, 0) is 0 Å². The highest BCUT2D eigenvalue weighted by molar-refractivity contribution is 5.92. The summed E-state index contributed by atoms with van der Waals surface area (Å²) in [6, 6.07) is 7.98. The molecule has 1 saturated carbocycles. The Balaban J connectivity index is 2.02. The minimum Gasteiger partial charge on any atom is -0.497 e. The topological polar surface area (TPSA) is 59.6 Å². The number of hydrogen-bond donors (Lipinski definition) is 2. The fraction of sp³-hybridized carbons (Fsp3) is 0.500. The second-order valence-electron chi connectivity index (χ2n) is 5.41. The summed E-state index contributed by atoms with van der Waals surface area (Å²) in [4.78, 5) is 4.53. The van der Waals surface area contributed by atoms with Gasteiger partial charge >= 0.3 is 0 Å². The third-order valence-corrected chi connectivity index (χ3v) is 3.60. The number of benzene rings is 1. The van der Waals surface area contributed by atoms with Gasteiger partial charge in [-0.05, 0) is 30.4 Å². The average molecular weight is 247 g/mol. The molecule has 18 heavy (non-hydrogen) atoms. The number of ether oxygens (including phenoxy) is 1. The molecule has 0 radical (unpaired) electrons. The smallest absolute Gasteiger partial charge is 0.193 e. The van der Waals surface area contributed by atoms with E-state index in [1.807, 2.05) is 24.3 Å². The highest BCUT2D eigenvalue weighted by Gasteiger charge is 2.38. The van der Waals surface area contributed by atoms with Crippen molar-refractivity contribution in [3.63, 3.8) is 0 Å². The van der Waals surface area contributed by atoms with E-state index in [0.717, 1.165) is 17.9 Å². The van der Waals surface area contributed by atoms with Crippen LogP contribution in [0, 0.1) is 5.41 Å². The molecule has 0 bridgehead atoms. The van der Waals surface area contributed by atoms with Crippen molar-refractivity contribution < 1.29 is 4.74 Å². The third-order valence-electron chi connectivity index (χ3n) is 3.60. The van der Waals surface area contributed by atoms with Crippen LogP contribution in [0.4, 0.5) is 5.69 Å². The van der Waals surface area contributed by atoms with Crippen molar-refractivity contribution in [3.8, 4) is 5.75 Å².